The Kier molecular flexibility index (Phi) is 6.67. The van der Waals surface area contributed by atoms with Gasteiger partial charge in [-0.25, -0.2) is 8.78 Å². The van der Waals surface area contributed by atoms with Gasteiger partial charge in [-0.05, 0) is 54.7 Å². The number of hydrogen-bond acceptors (Lipinski definition) is 0. The predicted octanol–water partition coefficient (Wildman–Crippen LogP) is 7.16. The highest BCUT2D eigenvalue weighted by Crippen LogP contribution is 2.36. The molecule has 2 aliphatic carbocycles. The Hall–Kier alpha value is -1.18. The molecule has 0 amide bonds. The van der Waals surface area contributed by atoms with Gasteiger partial charge in [0, 0.05) is 6.07 Å². The Morgan fingerprint density at radius 1 is 0.960 bits per heavy atom. The molecule has 0 radical (unpaired) electrons. The van der Waals surface area contributed by atoms with Gasteiger partial charge in [-0.1, -0.05) is 69.9 Å². The molecule has 1 aromatic rings. The minimum absolute atomic E-state index is 0.383. The summed E-state index contributed by atoms with van der Waals surface area (Å²) < 4.78 is 27.3. The summed E-state index contributed by atoms with van der Waals surface area (Å²) in [5.74, 6) is 0.995. The first-order chi connectivity index (χ1) is 12.2. The second-order valence-corrected chi connectivity index (χ2v) is 8.19. The molecule has 1 saturated carbocycles. The topological polar surface area (TPSA) is 0 Å². The number of allylic oxidation sites excluding steroid dienone is 2. The smallest absolute Gasteiger partial charge is 0.129 e. The van der Waals surface area contributed by atoms with Crippen molar-refractivity contribution in [2.75, 3.05) is 0 Å². The summed E-state index contributed by atoms with van der Waals surface area (Å²) in [5, 5.41) is 0. The van der Waals surface area contributed by atoms with Crippen molar-refractivity contribution in [2.45, 2.75) is 84.0 Å². The van der Waals surface area contributed by atoms with Crippen LogP contribution in [0.25, 0.3) is 0 Å². The van der Waals surface area contributed by atoms with Crippen molar-refractivity contribution >= 4 is 0 Å². The van der Waals surface area contributed by atoms with Crippen LogP contribution in [0.3, 0.4) is 0 Å². The van der Waals surface area contributed by atoms with Crippen molar-refractivity contribution in [3.8, 4) is 0 Å². The fourth-order valence-electron chi connectivity index (χ4n) is 4.68. The average Bonchev–Trinajstić information content (AvgIpc) is 2.61. The van der Waals surface area contributed by atoms with Gasteiger partial charge in [0.2, 0.25) is 0 Å². The normalized spacial score (nSPS) is 23.2. The molecular formula is C23H32F2. The molecule has 138 valence electrons. The van der Waals surface area contributed by atoms with E-state index >= 15 is 0 Å². The lowest BCUT2D eigenvalue weighted by Gasteiger charge is -2.29. The van der Waals surface area contributed by atoms with E-state index in [9.17, 15) is 8.78 Å². The van der Waals surface area contributed by atoms with Crippen molar-refractivity contribution in [2.24, 2.45) is 11.8 Å². The van der Waals surface area contributed by atoms with Crippen LogP contribution >= 0.6 is 0 Å². The fourth-order valence-corrected chi connectivity index (χ4v) is 4.68. The van der Waals surface area contributed by atoms with E-state index in [0.717, 1.165) is 36.3 Å². The summed E-state index contributed by atoms with van der Waals surface area (Å²) >= 11 is 0. The van der Waals surface area contributed by atoms with E-state index in [4.69, 9.17) is 0 Å². The molecule has 0 aliphatic heterocycles. The number of halogens is 2. The van der Waals surface area contributed by atoms with Crippen molar-refractivity contribution < 1.29 is 8.78 Å². The van der Waals surface area contributed by atoms with Gasteiger partial charge < -0.3 is 0 Å². The Balaban J connectivity index is 1.42. The van der Waals surface area contributed by atoms with Crippen LogP contribution in [0.4, 0.5) is 8.78 Å². The second-order valence-electron chi connectivity index (χ2n) is 8.19. The quantitative estimate of drug-likeness (QED) is 0.363. The highest BCUT2D eigenvalue weighted by Gasteiger charge is 2.22. The van der Waals surface area contributed by atoms with E-state index in [2.05, 4.69) is 13.0 Å². The molecular weight excluding hydrogens is 314 g/mol. The van der Waals surface area contributed by atoms with Crippen LogP contribution in [0.15, 0.2) is 23.8 Å². The molecule has 0 bridgehead atoms. The Morgan fingerprint density at radius 3 is 2.40 bits per heavy atom. The molecule has 0 saturated heterocycles. The lowest BCUT2D eigenvalue weighted by atomic mass is 9.77. The lowest BCUT2D eigenvalue weighted by Crippen LogP contribution is -2.15. The maximum Gasteiger partial charge on any atom is 0.129 e. The van der Waals surface area contributed by atoms with Crippen molar-refractivity contribution in [3.63, 3.8) is 0 Å². The molecule has 0 heterocycles. The molecule has 3 rings (SSSR count). The molecule has 2 heteroatoms. The van der Waals surface area contributed by atoms with Crippen LogP contribution < -0.4 is 0 Å². The Labute approximate surface area is 151 Å². The van der Waals surface area contributed by atoms with Crippen LogP contribution in [0, 0.1) is 23.5 Å². The van der Waals surface area contributed by atoms with Crippen molar-refractivity contribution in [1.82, 2.24) is 0 Å². The minimum atomic E-state index is -0.445. The largest absolute Gasteiger partial charge is 0.207 e. The number of fused-ring (bicyclic) bond motifs is 1. The maximum atomic E-state index is 13.8. The van der Waals surface area contributed by atoms with Gasteiger partial charge >= 0.3 is 0 Å². The molecule has 0 unspecified atom stereocenters. The van der Waals surface area contributed by atoms with Crippen LogP contribution in [0.2, 0.25) is 0 Å². The maximum absolute atomic E-state index is 13.8. The molecule has 0 aromatic heterocycles. The van der Waals surface area contributed by atoms with E-state index in [1.165, 1.54) is 69.4 Å². The van der Waals surface area contributed by atoms with Crippen molar-refractivity contribution in [1.29, 1.82) is 0 Å². The molecule has 0 N–H and O–H groups in total. The SMILES string of the molecule is CCCCCC1CCC(CCC2=CCc3c(F)cc(F)cc3C2)CC1. The van der Waals surface area contributed by atoms with Crippen LogP contribution in [0.1, 0.15) is 82.3 Å². The second kappa shape index (κ2) is 8.96. The standard InChI is InChI=1S/C23H32F2/c1-2-3-4-5-17-6-8-18(9-7-17)10-11-19-12-13-22-20(14-19)15-21(24)16-23(22)25/h12,15-18H,2-11,13-14H2,1H3. The zero-order valence-electron chi connectivity index (χ0n) is 15.6. The zero-order valence-corrected chi connectivity index (χ0v) is 15.6. The number of hydrogen-bond donors (Lipinski definition) is 0. The summed E-state index contributed by atoms with van der Waals surface area (Å²) in [5.41, 5.74) is 2.93. The first-order valence-corrected chi connectivity index (χ1v) is 10.3. The first-order valence-electron chi connectivity index (χ1n) is 10.3. The van der Waals surface area contributed by atoms with Gasteiger partial charge in [-0.2, -0.15) is 0 Å². The van der Waals surface area contributed by atoms with E-state index in [1.54, 1.807) is 0 Å². The first kappa shape index (κ1) is 18.6. The third-order valence-electron chi connectivity index (χ3n) is 6.32. The average molecular weight is 347 g/mol. The highest BCUT2D eigenvalue weighted by atomic mass is 19.1. The molecule has 0 nitrogen and oxygen atoms in total. The van der Waals surface area contributed by atoms with Crippen molar-refractivity contribution in [3.05, 3.63) is 46.5 Å². The van der Waals surface area contributed by atoms with Gasteiger partial charge in [0.25, 0.3) is 0 Å². The lowest BCUT2D eigenvalue weighted by molar-refractivity contribution is 0.249. The molecule has 0 spiro atoms. The zero-order chi connectivity index (χ0) is 17.6. The van der Waals surface area contributed by atoms with Gasteiger partial charge in [0.05, 0.1) is 0 Å². The number of unbranched alkanes of at least 4 members (excludes halogenated alkanes) is 2. The van der Waals surface area contributed by atoms with E-state index < -0.39 is 5.82 Å². The Bertz CT molecular complexity index is 594. The summed E-state index contributed by atoms with van der Waals surface area (Å²) in [6, 6.07) is 2.53. The monoisotopic (exact) mass is 346 g/mol. The highest BCUT2D eigenvalue weighted by molar-refractivity contribution is 5.38. The number of benzene rings is 1. The Morgan fingerprint density at radius 2 is 1.68 bits per heavy atom. The predicted molar refractivity (Wildman–Crippen MR) is 101 cm³/mol. The van der Waals surface area contributed by atoms with Crippen LogP contribution in [-0.4, -0.2) is 0 Å². The summed E-state index contributed by atoms with van der Waals surface area (Å²) in [6.07, 6.45) is 17.0. The van der Waals surface area contributed by atoms with Crippen LogP contribution in [-0.2, 0) is 12.8 Å². The molecule has 1 fully saturated rings. The molecule has 1 aromatic carbocycles. The fraction of sp³-hybridized carbons (Fsp3) is 0.652. The third-order valence-corrected chi connectivity index (χ3v) is 6.32. The van der Waals surface area contributed by atoms with Gasteiger partial charge in [0.15, 0.2) is 0 Å². The van der Waals surface area contributed by atoms with Gasteiger partial charge in [-0.3, -0.25) is 0 Å². The van der Waals surface area contributed by atoms with E-state index in [0.29, 0.717) is 12.0 Å². The third kappa shape index (κ3) is 5.15. The molecule has 2 aliphatic rings. The van der Waals surface area contributed by atoms with Gasteiger partial charge in [0.1, 0.15) is 11.6 Å². The van der Waals surface area contributed by atoms with E-state index in [1.807, 2.05) is 0 Å². The summed E-state index contributed by atoms with van der Waals surface area (Å²) in [4.78, 5) is 0. The molecule has 0 atom stereocenters. The minimum Gasteiger partial charge on any atom is -0.207 e. The number of rotatable bonds is 7. The van der Waals surface area contributed by atoms with E-state index in [-0.39, 0.29) is 5.82 Å². The molecule has 25 heavy (non-hydrogen) atoms. The summed E-state index contributed by atoms with van der Waals surface area (Å²) in [7, 11) is 0. The summed E-state index contributed by atoms with van der Waals surface area (Å²) in [6.45, 7) is 2.28. The van der Waals surface area contributed by atoms with Crippen LogP contribution in [0.5, 0.6) is 0 Å². The van der Waals surface area contributed by atoms with Gasteiger partial charge in [-0.15, -0.1) is 0 Å².